The third-order valence-corrected chi connectivity index (χ3v) is 11.3. The van der Waals surface area contributed by atoms with Crippen LogP contribution in [0.15, 0.2) is 78.9 Å². The van der Waals surface area contributed by atoms with Crippen molar-refractivity contribution in [3.8, 4) is 16.9 Å². The van der Waals surface area contributed by atoms with E-state index in [1.54, 1.807) is 13.8 Å². The molecule has 0 saturated heterocycles. The third-order valence-electron chi connectivity index (χ3n) is 11.3. The van der Waals surface area contributed by atoms with Gasteiger partial charge in [0.15, 0.2) is 0 Å². The van der Waals surface area contributed by atoms with Crippen LogP contribution in [0.1, 0.15) is 120 Å². The van der Waals surface area contributed by atoms with Crippen molar-refractivity contribution in [2.24, 2.45) is 10.8 Å². The fourth-order valence-electron chi connectivity index (χ4n) is 7.09. The van der Waals surface area contributed by atoms with E-state index < -0.39 is 17.4 Å². The molecular weight excluding hydrogens is 713 g/mol. The predicted octanol–water partition coefficient (Wildman–Crippen LogP) is 10.3. The Morgan fingerprint density at radius 3 is 1.61 bits per heavy atom. The quantitative estimate of drug-likeness (QED) is 0.0501. The third kappa shape index (κ3) is 14.3. The number of hydrogen-bond donors (Lipinski definition) is 2. The van der Waals surface area contributed by atoms with Crippen molar-refractivity contribution in [1.82, 2.24) is 0 Å². The smallest absolute Gasteiger partial charge is 0.333 e. The molecule has 0 aliphatic carbocycles. The van der Waals surface area contributed by atoms with Crippen LogP contribution < -0.4 is 4.74 Å². The Bertz CT molecular complexity index is 1700. The number of benzene rings is 3. The first-order chi connectivity index (χ1) is 27.2. The van der Waals surface area contributed by atoms with E-state index in [4.69, 9.17) is 14.2 Å². The first-order valence-electron chi connectivity index (χ1n) is 21.0. The average Bonchev–Trinajstić information content (AvgIpc) is 3.19. The van der Waals surface area contributed by atoms with Crippen LogP contribution in [-0.2, 0) is 57.6 Å². The lowest BCUT2D eigenvalue weighted by Crippen LogP contribution is -2.43. The summed E-state index contributed by atoms with van der Waals surface area (Å²) in [5.74, 6) is -0.0892. The number of unbranched alkanes of at least 4 members (excludes halogenated alkanes) is 2. The SMILES string of the molecule is C=C(C)C(=O)OCCCc1cc(-c2ccc(CCc3ccc(CCCCC)cc3)cc2CC)cc(CCCOC(=O)C(=C)C)c1OCCC(CO)(CO)C(C)(C)C. The van der Waals surface area contributed by atoms with Crippen LogP contribution in [0.3, 0.4) is 0 Å². The zero-order chi connectivity index (χ0) is 42.0. The predicted molar refractivity (Wildman–Crippen MR) is 233 cm³/mol. The number of rotatable bonds is 25. The molecule has 0 amide bonds. The highest BCUT2D eigenvalue weighted by Crippen LogP contribution is 2.42. The number of hydrogen-bond acceptors (Lipinski definition) is 7. The van der Waals surface area contributed by atoms with Gasteiger partial charge in [-0.15, -0.1) is 0 Å². The standard InChI is InChI=1S/C50H70O7/c1-10-12-13-16-38-19-21-39(22-20-38)23-24-40-25-26-45(41(11-2)31-40)44-32-42(17-14-28-56-47(53)36(3)4)46(43(33-44)18-15-29-57-48(54)37(5)6)55-30-27-50(34-51,35-52)49(7,8)9/h19-22,25-26,31-33,51-52H,3,5,10-18,23-24,27-30,34-35H2,1-2,4,6-9H3. The van der Waals surface area contributed by atoms with Gasteiger partial charge in [-0.1, -0.05) is 103 Å². The zero-order valence-electron chi connectivity index (χ0n) is 36.1. The van der Waals surface area contributed by atoms with Crippen LogP contribution in [0.4, 0.5) is 0 Å². The Morgan fingerprint density at radius 1 is 0.632 bits per heavy atom. The molecule has 7 heteroatoms. The summed E-state index contributed by atoms with van der Waals surface area (Å²) >= 11 is 0. The van der Waals surface area contributed by atoms with Gasteiger partial charge in [0.05, 0.1) is 33.0 Å². The Labute approximate surface area is 343 Å². The fourth-order valence-corrected chi connectivity index (χ4v) is 7.09. The van der Waals surface area contributed by atoms with E-state index in [0.29, 0.717) is 43.3 Å². The Hall–Kier alpha value is -4.20. The fraction of sp³-hybridized carbons (Fsp3) is 0.520. The minimum atomic E-state index is -0.740. The molecule has 0 aliphatic heterocycles. The van der Waals surface area contributed by atoms with Gasteiger partial charge in [0.2, 0.25) is 0 Å². The number of carbonyl (C=O) groups is 2. The summed E-state index contributed by atoms with van der Waals surface area (Å²) in [4.78, 5) is 24.4. The van der Waals surface area contributed by atoms with E-state index in [1.807, 2.05) is 20.8 Å². The number of carbonyl (C=O) groups excluding carboxylic acids is 2. The van der Waals surface area contributed by atoms with Gasteiger partial charge in [-0.3, -0.25) is 0 Å². The molecule has 3 rings (SSSR count). The Balaban J connectivity index is 1.99. The average molecular weight is 783 g/mol. The Kier molecular flexibility index (Phi) is 19.3. The van der Waals surface area contributed by atoms with Gasteiger partial charge in [0, 0.05) is 16.6 Å². The lowest BCUT2D eigenvalue weighted by Gasteiger charge is -2.42. The molecule has 0 atom stereocenters. The first kappa shape index (κ1) is 47.2. The molecule has 0 bridgehead atoms. The van der Waals surface area contributed by atoms with Gasteiger partial charge in [-0.25, -0.2) is 9.59 Å². The molecule has 0 saturated carbocycles. The van der Waals surface area contributed by atoms with Gasteiger partial charge in [-0.2, -0.15) is 0 Å². The van der Waals surface area contributed by atoms with Crippen LogP contribution >= 0.6 is 0 Å². The molecule has 312 valence electrons. The minimum Gasteiger partial charge on any atom is -0.493 e. The van der Waals surface area contributed by atoms with Gasteiger partial charge in [-0.05, 0) is 140 Å². The zero-order valence-corrected chi connectivity index (χ0v) is 36.1. The molecule has 0 unspecified atom stereocenters. The lowest BCUT2D eigenvalue weighted by molar-refractivity contribution is -0.139. The van der Waals surface area contributed by atoms with Crippen molar-refractivity contribution in [2.75, 3.05) is 33.0 Å². The number of esters is 2. The minimum absolute atomic E-state index is 0.168. The highest BCUT2D eigenvalue weighted by Gasteiger charge is 2.41. The monoisotopic (exact) mass is 783 g/mol. The van der Waals surface area contributed by atoms with Crippen LogP contribution in [0.5, 0.6) is 5.75 Å². The molecule has 0 aliphatic rings. The number of ether oxygens (including phenoxy) is 3. The Morgan fingerprint density at radius 2 is 1.14 bits per heavy atom. The van der Waals surface area contributed by atoms with E-state index in [9.17, 15) is 19.8 Å². The molecule has 7 nitrogen and oxygen atoms in total. The first-order valence-corrected chi connectivity index (χ1v) is 21.0. The molecule has 57 heavy (non-hydrogen) atoms. The largest absolute Gasteiger partial charge is 0.493 e. The molecule has 3 aromatic rings. The summed E-state index contributed by atoms with van der Waals surface area (Å²) in [6.07, 6.45) is 10.5. The maximum Gasteiger partial charge on any atom is 0.333 e. The van der Waals surface area contributed by atoms with Crippen molar-refractivity contribution >= 4 is 11.9 Å². The molecule has 0 fully saturated rings. The van der Waals surface area contributed by atoms with Crippen molar-refractivity contribution in [3.63, 3.8) is 0 Å². The molecule has 0 aromatic heterocycles. The van der Waals surface area contributed by atoms with E-state index in [1.165, 1.54) is 41.5 Å². The van der Waals surface area contributed by atoms with E-state index in [2.05, 4.69) is 81.6 Å². The summed E-state index contributed by atoms with van der Waals surface area (Å²) in [5, 5.41) is 20.9. The second-order valence-electron chi connectivity index (χ2n) is 16.7. The van der Waals surface area contributed by atoms with Gasteiger partial charge in [0.1, 0.15) is 5.75 Å². The summed E-state index contributed by atoms with van der Waals surface area (Å²) in [6, 6.07) is 20.3. The maximum atomic E-state index is 12.2. The molecule has 0 heterocycles. The van der Waals surface area contributed by atoms with Crippen molar-refractivity contribution in [1.29, 1.82) is 0 Å². The molecule has 3 aromatic carbocycles. The van der Waals surface area contributed by atoms with Gasteiger partial charge < -0.3 is 24.4 Å². The maximum absolute atomic E-state index is 12.2. The highest BCUT2D eigenvalue weighted by molar-refractivity contribution is 5.87. The normalized spacial score (nSPS) is 11.7. The van der Waals surface area contributed by atoms with Crippen LogP contribution in [0.2, 0.25) is 0 Å². The van der Waals surface area contributed by atoms with Gasteiger partial charge >= 0.3 is 11.9 Å². The van der Waals surface area contributed by atoms with Crippen molar-refractivity contribution in [3.05, 3.63) is 112 Å². The lowest BCUT2D eigenvalue weighted by atomic mass is 9.65. The summed E-state index contributed by atoms with van der Waals surface area (Å²) in [5.41, 5.74) is 9.12. The van der Waals surface area contributed by atoms with Crippen LogP contribution in [-0.4, -0.2) is 55.2 Å². The molecular formula is C50H70O7. The summed E-state index contributed by atoms with van der Waals surface area (Å²) in [6.45, 7) is 21.6. The molecule has 2 N–H and O–H groups in total. The van der Waals surface area contributed by atoms with Crippen molar-refractivity contribution in [2.45, 2.75) is 126 Å². The van der Waals surface area contributed by atoms with E-state index in [0.717, 1.165) is 53.7 Å². The van der Waals surface area contributed by atoms with Gasteiger partial charge in [0.25, 0.3) is 0 Å². The number of aliphatic hydroxyl groups excluding tert-OH is 2. The molecule has 0 spiro atoms. The highest BCUT2D eigenvalue weighted by atomic mass is 16.5. The van der Waals surface area contributed by atoms with Crippen LogP contribution in [0, 0.1) is 10.8 Å². The van der Waals surface area contributed by atoms with Crippen LogP contribution in [0.25, 0.3) is 11.1 Å². The van der Waals surface area contributed by atoms with E-state index in [-0.39, 0.29) is 38.4 Å². The van der Waals surface area contributed by atoms with Crippen molar-refractivity contribution < 1.29 is 34.0 Å². The summed E-state index contributed by atoms with van der Waals surface area (Å²) < 4.78 is 17.6. The van der Waals surface area contributed by atoms with E-state index >= 15 is 0 Å². The second-order valence-corrected chi connectivity index (χ2v) is 16.7. The molecule has 0 radical (unpaired) electrons. The second kappa shape index (κ2) is 23.3. The topological polar surface area (TPSA) is 102 Å². The summed E-state index contributed by atoms with van der Waals surface area (Å²) in [7, 11) is 0. The number of aryl methyl sites for hydroxylation is 6. The number of aliphatic hydroxyl groups is 2.